The van der Waals surface area contributed by atoms with E-state index in [2.05, 4.69) is 4.98 Å². The highest BCUT2D eigenvalue weighted by Crippen LogP contribution is 2.36. The number of nitrogens with zero attached hydrogens (tertiary/aromatic N) is 3. The Morgan fingerprint density at radius 1 is 0.886 bits per heavy atom. The van der Waals surface area contributed by atoms with Crippen molar-refractivity contribution in [3.05, 3.63) is 88.3 Å². The fraction of sp³-hybridized carbons (Fsp3) is 0.345. The fourth-order valence-corrected chi connectivity index (χ4v) is 7.26. The van der Waals surface area contributed by atoms with Crippen LogP contribution >= 0.6 is 0 Å². The molecule has 0 unspecified atom stereocenters. The van der Waals surface area contributed by atoms with Crippen LogP contribution in [0.1, 0.15) is 66.1 Å². The summed E-state index contributed by atoms with van der Waals surface area (Å²) >= 11 is 0. The molecule has 15 heteroatoms. The molecule has 1 amide bonds. The molecular weight excluding hydrogens is 616 g/mol. The molecule has 1 N–H and O–H groups in total. The lowest BCUT2D eigenvalue weighted by Crippen LogP contribution is -2.59. The molecule has 2 aliphatic rings. The summed E-state index contributed by atoms with van der Waals surface area (Å²) in [6.07, 6.45) is 6.75. The number of sulfonamides is 1. The van der Waals surface area contributed by atoms with Crippen LogP contribution in [0.2, 0.25) is 0 Å². The first kappa shape index (κ1) is 31.4. The van der Waals surface area contributed by atoms with Crippen LogP contribution in [0.15, 0.2) is 41.4 Å². The second-order valence-electron chi connectivity index (χ2n) is 10.6. The molecule has 0 bridgehead atoms. The Labute approximate surface area is 248 Å². The molecule has 2 fully saturated rings. The lowest BCUT2D eigenvalue weighted by molar-refractivity contribution is -0.125. The van der Waals surface area contributed by atoms with E-state index in [1.165, 1.54) is 0 Å². The zero-order valence-corrected chi connectivity index (χ0v) is 23.7. The standard InChI is InChI=1S/C29H25F6N3O5S/c30-20-12-18(8-9-19(20)29(40)41)37(14-17-7-6-16(13-36-17)15-4-2-1-3-5-15)28(39)21-10-11-38(21)44(42,43)27-25(34)23(32)22(31)24(33)26(27)35/h6-9,12-13,15,21H,1-5,10-11,14H2,(H,40,41)/t21-/m1/s1. The Hall–Kier alpha value is -3.98. The molecule has 2 aromatic carbocycles. The smallest absolute Gasteiger partial charge is 0.338 e. The van der Waals surface area contributed by atoms with Gasteiger partial charge in [0.1, 0.15) is 11.9 Å². The van der Waals surface area contributed by atoms with Gasteiger partial charge in [0.05, 0.1) is 17.8 Å². The molecule has 2 heterocycles. The van der Waals surface area contributed by atoms with Gasteiger partial charge in [-0.3, -0.25) is 9.78 Å². The normalized spacial score (nSPS) is 17.7. The maximum absolute atomic E-state index is 14.7. The van der Waals surface area contributed by atoms with Crippen LogP contribution in [0.5, 0.6) is 0 Å². The van der Waals surface area contributed by atoms with Crippen LogP contribution in [-0.2, 0) is 21.4 Å². The highest BCUT2D eigenvalue weighted by Gasteiger charge is 2.48. The first-order chi connectivity index (χ1) is 20.8. The molecule has 234 valence electrons. The minimum Gasteiger partial charge on any atom is -0.478 e. The van der Waals surface area contributed by atoms with Crippen LogP contribution in [0.25, 0.3) is 0 Å². The number of amides is 1. The Balaban J connectivity index is 1.49. The maximum atomic E-state index is 14.7. The van der Waals surface area contributed by atoms with E-state index < -0.39 is 79.8 Å². The number of anilines is 1. The molecule has 8 nitrogen and oxygen atoms in total. The predicted molar refractivity (Wildman–Crippen MR) is 143 cm³/mol. The molecule has 1 aromatic heterocycles. The van der Waals surface area contributed by atoms with Crippen molar-refractivity contribution >= 4 is 27.6 Å². The van der Waals surface area contributed by atoms with Crippen molar-refractivity contribution in [2.24, 2.45) is 0 Å². The Kier molecular flexibility index (Phi) is 8.71. The summed E-state index contributed by atoms with van der Waals surface area (Å²) in [7, 11) is -5.43. The SMILES string of the molecule is O=C(O)c1ccc(N(Cc2ccc(C3CCCCC3)cn2)C(=O)[C@H]2CCN2S(=O)(=O)c2c(F)c(F)c(F)c(F)c2F)cc1F. The first-order valence-corrected chi connectivity index (χ1v) is 15.1. The summed E-state index contributed by atoms with van der Waals surface area (Å²) in [5.74, 6) is -16.1. The quantitative estimate of drug-likeness (QED) is 0.193. The highest BCUT2D eigenvalue weighted by molar-refractivity contribution is 7.89. The Bertz CT molecular complexity index is 1700. The molecular formula is C29H25F6N3O5S. The van der Waals surface area contributed by atoms with E-state index in [-0.39, 0.29) is 18.7 Å². The van der Waals surface area contributed by atoms with Crippen molar-refractivity contribution in [3.63, 3.8) is 0 Å². The number of aromatic carboxylic acids is 1. The predicted octanol–water partition coefficient (Wildman–Crippen LogP) is 5.66. The number of hydrogen-bond acceptors (Lipinski definition) is 5. The number of carboxylic acid groups (broad SMARTS) is 1. The maximum Gasteiger partial charge on any atom is 0.338 e. The third-order valence-electron chi connectivity index (χ3n) is 8.00. The lowest BCUT2D eigenvalue weighted by atomic mass is 9.85. The molecule has 3 aromatic rings. The summed E-state index contributed by atoms with van der Waals surface area (Å²) < 4.78 is 111. The highest BCUT2D eigenvalue weighted by atomic mass is 32.2. The fourth-order valence-electron chi connectivity index (χ4n) is 5.52. The summed E-state index contributed by atoms with van der Waals surface area (Å²) in [6, 6.07) is 4.56. The van der Waals surface area contributed by atoms with Gasteiger partial charge in [-0.1, -0.05) is 25.3 Å². The van der Waals surface area contributed by atoms with Gasteiger partial charge in [0.2, 0.25) is 21.7 Å². The van der Waals surface area contributed by atoms with Gasteiger partial charge in [-0.25, -0.2) is 39.6 Å². The van der Waals surface area contributed by atoms with E-state index in [0.29, 0.717) is 15.9 Å². The summed E-state index contributed by atoms with van der Waals surface area (Å²) in [6.45, 7) is -0.838. The number of pyridine rings is 1. The van der Waals surface area contributed by atoms with Crippen molar-refractivity contribution in [2.75, 3.05) is 11.4 Å². The summed E-state index contributed by atoms with van der Waals surface area (Å²) in [5, 5.41) is 9.20. The van der Waals surface area contributed by atoms with Gasteiger partial charge in [0, 0.05) is 18.4 Å². The molecule has 1 atom stereocenters. The number of rotatable bonds is 8. The second kappa shape index (κ2) is 12.2. The van der Waals surface area contributed by atoms with Crippen LogP contribution in [0.4, 0.5) is 32.0 Å². The number of halogens is 6. The average Bonchev–Trinajstić information content (AvgIpc) is 2.97. The summed E-state index contributed by atoms with van der Waals surface area (Å²) in [5.41, 5.74) is 0.405. The van der Waals surface area contributed by atoms with Gasteiger partial charge >= 0.3 is 5.97 Å². The van der Waals surface area contributed by atoms with E-state index >= 15 is 0 Å². The van der Waals surface area contributed by atoms with Crippen molar-refractivity contribution in [1.29, 1.82) is 0 Å². The molecule has 0 radical (unpaired) electrons. The van der Waals surface area contributed by atoms with Gasteiger partial charge in [0.15, 0.2) is 28.2 Å². The Morgan fingerprint density at radius 3 is 2.05 bits per heavy atom. The molecule has 1 aliphatic carbocycles. The molecule has 1 saturated heterocycles. The van der Waals surface area contributed by atoms with E-state index in [1.807, 2.05) is 6.07 Å². The minimum atomic E-state index is -5.43. The van der Waals surface area contributed by atoms with Gasteiger partial charge in [0.25, 0.3) is 0 Å². The number of carboxylic acids is 1. The van der Waals surface area contributed by atoms with Crippen molar-refractivity contribution in [2.45, 2.75) is 61.9 Å². The molecule has 0 spiro atoms. The van der Waals surface area contributed by atoms with E-state index in [9.17, 15) is 49.5 Å². The zero-order valence-electron chi connectivity index (χ0n) is 22.9. The summed E-state index contributed by atoms with van der Waals surface area (Å²) in [4.78, 5) is 28.3. The average molecular weight is 642 g/mol. The van der Waals surface area contributed by atoms with E-state index in [4.69, 9.17) is 0 Å². The molecule has 1 aliphatic heterocycles. The Morgan fingerprint density at radius 2 is 1.52 bits per heavy atom. The number of carbonyl (C=O) groups excluding carboxylic acids is 1. The largest absolute Gasteiger partial charge is 0.478 e. The number of aromatic nitrogens is 1. The topological polar surface area (TPSA) is 108 Å². The third-order valence-corrected chi connectivity index (χ3v) is 9.93. The van der Waals surface area contributed by atoms with Gasteiger partial charge in [-0.05, 0) is 55.0 Å². The third kappa shape index (κ3) is 5.65. The van der Waals surface area contributed by atoms with Crippen LogP contribution in [0, 0.1) is 34.9 Å². The van der Waals surface area contributed by atoms with Gasteiger partial charge in [-0.15, -0.1) is 0 Å². The first-order valence-electron chi connectivity index (χ1n) is 13.6. The van der Waals surface area contributed by atoms with Crippen LogP contribution in [-0.4, -0.2) is 47.3 Å². The molecule has 44 heavy (non-hydrogen) atoms. The second-order valence-corrected chi connectivity index (χ2v) is 12.5. The van der Waals surface area contributed by atoms with Crippen molar-refractivity contribution in [3.8, 4) is 0 Å². The number of benzene rings is 2. The monoisotopic (exact) mass is 641 g/mol. The van der Waals surface area contributed by atoms with Crippen LogP contribution < -0.4 is 4.90 Å². The van der Waals surface area contributed by atoms with Crippen molar-refractivity contribution in [1.82, 2.24) is 9.29 Å². The van der Waals surface area contributed by atoms with Gasteiger partial charge < -0.3 is 10.0 Å². The number of hydrogen-bond donors (Lipinski definition) is 1. The minimum absolute atomic E-state index is 0.184. The van der Waals surface area contributed by atoms with Gasteiger partial charge in [-0.2, -0.15) is 4.31 Å². The van der Waals surface area contributed by atoms with Crippen LogP contribution in [0.3, 0.4) is 0 Å². The van der Waals surface area contributed by atoms with Crippen molar-refractivity contribution < 1.29 is 49.5 Å². The zero-order chi connectivity index (χ0) is 31.9. The van der Waals surface area contributed by atoms with E-state index in [0.717, 1.165) is 60.8 Å². The lowest BCUT2D eigenvalue weighted by Gasteiger charge is -2.41. The van der Waals surface area contributed by atoms with E-state index in [1.54, 1.807) is 12.3 Å². The molecule has 5 rings (SSSR count). The number of carbonyl (C=O) groups is 2. The molecule has 1 saturated carbocycles.